The van der Waals surface area contributed by atoms with Crippen molar-refractivity contribution >= 4 is 38.9 Å². The van der Waals surface area contributed by atoms with Crippen LogP contribution in [0.15, 0.2) is 58.5 Å². The molecule has 2 nitrogen and oxygen atoms in total. The Morgan fingerprint density at radius 1 is 0.512 bits per heavy atom. The zero-order chi connectivity index (χ0) is 31.2. The number of rotatable bonds is 19. The summed E-state index contributed by atoms with van der Waals surface area (Å²) in [6.07, 6.45) is 14.8. The molecule has 0 aliphatic heterocycles. The van der Waals surface area contributed by atoms with E-state index in [-0.39, 0.29) is 20.4 Å². The summed E-state index contributed by atoms with van der Waals surface area (Å²) in [6.45, 7) is 24.1. The van der Waals surface area contributed by atoms with Gasteiger partial charge in [0.15, 0.2) is 0 Å². The maximum absolute atomic E-state index is 5.33. The molecule has 0 aliphatic carbocycles. The fourth-order valence-electron chi connectivity index (χ4n) is 5.31. The Balaban J connectivity index is 0.00000924. The van der Waals surface area contributed by atoms with Crippen LogP contribution in [-0.2, 0) is 20.4 Å². The fraction of sp³-hybridized carbons (Fsp3) is 0.632. The zero-order valence-electron chi connectivity index (χ0n) is 29.5. The molecule has 2 aromatic carbocycles. The molecule has 0 aliphatic rings. The molecule has 0 saturated carbocycles. The zero-order valence-corrected chi connectivity index (χ0v) is 33.0. The van der Waals surface area contributed by atoms with Gasteiger partial charge in [0.2, 0.25) is 0 Å². The monoisotopic (exact) mass is 710 g/mol. The molecule has 0 spiro atoms. The van der Waals surface area contributed by atoms with Gasteiger partial charge in [0.05, 0.1) is 38.9 Å². The number of hydrogen-bond acceptors (Lipinski definition) is 2. The van der Waals surface area contributed by atoms with Crippen LogP contribution in [0.3, 0.4) is 0 Å². The Morgan fingerprint density at radius 2 is 0.814 bits per heavy atom. The second kappa shape index (κ2) is 20.1. The van der Waals surface area contributed by atoms with Gasteiger partial charge in [0, 0.05) is 20.4 Å². The molecule has 0 bridgehead atoms. The molecule has 244 valence electrons. The summed E-state index contributed by atoms with van der Waals surface area (Å²) >= 11 is 0. The van der Waals surface area contributed by atoms with Gasteiger partial charge < -0.3 is 0 Å². The normalized spacial score (nSPS) is 14.4. The molecular formula is C38H64N2PdSi2. The largest absolute Gasteiger partial charge is 0.252 e. The molecule has 43 heavy (non-hydrogen) atoms. The summed E-state index contributed by atoms with van der Waals surface area (Å²) in [5.41, 5.74) is 8.72. The van der Waals surface area contributed by atoms with Crippen LogP contribution in [-0.4, -0.2) is 27.6 Å². The quantitative estimate of drug-likeness (QED) is 0.0787. The minimum atomic E-state index is -1.24. The van der Waals surface area contributed by atoms with Crippen LogP contribution in [0.25, 0.3) is 0 Å². The third-order valence-electron chi connectivity index (χ3n) is 9.28. The molecular weight excluding hydrogens is 647 g/mol. The molecule has 0 heterocycles. The van der Waals surface area contributed by atoms with E-state index in [2.05, 4.69) is 116 Å². The van der Waals surface area contributed by atoms with Gasteiger partial charge in [0.25, 0.3) is 0 Å². The standard InChI is InChI=1S/C38H64N2Si2.Pd/c1-11-13-15-17-18-20-22-38(40-36-29-25-34(26-30-36)32(4)42(8,9)10)37(21-19-16-14-12-2)39-35-27-23-33(24-28-35)31(3)41(5,6)7;/h23-32H,11-22H2,1-10H3;. The number of aliphatic imine (C=N–C) groups is 2. The van der Waals surface area contributed by atoms with E-state index >= 15 is 0 Å². The summed E-state index contributed by atoms with van der Waals surface area (Å²) in [5.74, 6) is 0. The number of nitrogens with zero attached hydrogens (tertiary/aromatic N) is 2. The van der Waals surface area contributed by atoms with Crippen LogP contribution < -0.4 is 0 Å². The summed E-state index contributed by atoms with van der Waals surface area (Å²) in [6, 6.07) is 18.3. The molecule has 0 N–H and O–H groups in total. The Hall–Kier alpha value is -1.12. The Bertz CT molecular complexity index is 1090. The average molecular weight is 712 g/mol. The Labute approximate surface area is 282 Å². The van der Waals surface area contributed by atoms with Crippen molar-refractivity contribution < 1.29 is 20.4 Å². The van der Waals surface area contributed by atoms with Gasteiger partial charge in [-0.15, -0.1) is 0 Å². The Kier molecular flexibility index (Phi) is 18.6. The first-order valence-corrected chi connectivity index (χ1v) is 24.4. The van der Waals surface area contributed by atoms with Crippen LogP contribution in [0.2, 0.25) is 39.3 Å². The third kappa shape index (κ3) is 14.7. The summed E-state index contributed by atoms with van der Waals surface area (Å²) in [7, 11) is -2.48. The van der Waals surface area contributed by atoms with Crippen molar-refractivity contribution in [1.29, 1.82) is 0 Å². The summed E-state index contributed by atoms with van der Waals surface area (Å²) in [4.78, 5) is 10.7. The first kappa shape index (κ1) is 39.9. The van der Waals surface area contributed by atoms with Gasteiger partial charge in [-0.25, -0.2) is 0 Å². The van der Waals surface area contributed by atoms with E-state index < -0.39 is 16.1 Å². The second-order valence-electron chi connectivity index (χ2n) is 14.8. The number of hydrogen-bond donors (Lipinski definition) is 0. The minimum absolute atomic E-state index is 0. The molecule has 0 fully saturated rings. The molecule has 0 aromatic heterocycles. The molecule has 5 heteroatoms. The molecule has 2 aromatic rings. The van der Waals surface area contributed by atoms with Gasteiger partial charge >= 0.3 is 0 Å². The maximum Gasteiger partial charge on any atom is 0.0633 e. The van der Waals surface area contributed by atoms with E-state index in [9.17, 15) is 0 Å². The van der Waals surface area contributed by atoms with Crippen molar-refractivity contribution in [2.45, 2.75) is 155 Å². The maximum atomic E-state index is 5.33. The van der Waals surface area contributed by atoms with Gasteiger partial charge in [-0.2, -0.15) is 0 Å². The predicted octanol–water partition coefficient (Wildman–Crippen LogP) is 13.2. The summed E-state index contributed by atoms with van der Waals surface area (Å²) < 4.78 is 0. The Morgan fingerprint density at radius 3 is 1.14 bits per heavy atom. The summed E-state index contributed by atoms with van der Waals surface area (Å²) in [5, 5.41) is 0. The third-order valence-corrected chi connectivity index (χ3v) is 15.1. The van der Waals surface area contributed by atoms with Crippen LogP contribution in [0.1, 0.15) is 127 Å². The molecule has 0 radical (unpaired) electrons. The van der Waals surface area contributed by atoms with Crippen LogP contribution in [0.5, 0.6) is 0 Å². The first-order chi connectivity index (χ1) is 19.9. The van der Waals surface area contributed by atoms with E-state index in [4.69, 9.17) is 9.98 Å². The van der Waals surface area contributed by atoms with E-state index in [0.717, 1.165) is 24.2 Å². The SMILES string of the molecule is CCCCCCCCC(=Nc1ccc(C(C)[Si](C)(C)C)cc1)C(CCCCCC)=Nc1ccc(C(C)[Si](C)(C)C)cc1.[Pd]. The van der Waals surface area contributed by atoms with Crippen molar-refractivity contribution in [3.63, 3.8) is 0 Å². The van der Waals surface area contributed by atoms with Crippen LogP contribution in [0, 0.1) is 0 Å². The fourth-order valence-corrected chi connectivity index (χ4v) is 7.69. The van der Waals surface area contributed by atoms with Gasteiger partial charge in [-0.3, -0.25) is 9.98 Å². The van der Waals surface area contributed by atoms with Crippen molar-refractivity contribution in [2.24, 2.45) is 9.98 Å². The average Bonchev–Trinajstić information content (AvgIpc) is 2.95. The molecule has 0 amide bonds. The van der Waals surface area contributed by atoms with E-state index in [1.165, 1.54) is 86.8 Å². The van der Waals surface area contributed by atoms with E-state index in [1.54, 1.807) is 0 Å². The van der Waals surface area contributed by atoms with Crippen molar-refractivity contribution in [3.05, 3.63) is 59.7 Å². The predicted molar refractivity (Wildman–Crippen MR) is 197 cm³/mol. The first-order valence-electron chi connectivity index (χ1n) is 17.2. The molecule has 2 atom stereocenters. The van der Waals surface area contributed by atoms with Crippen LogP contribution in [0.4, 0.5) is 11.4 Å². The number of benzene rings is 2. The van der Waals surface area contributed by atoms with Crippen molar-refractivity contribution in [2.75, 3.05) is 0 Å². The van der Waals surface area contributed by atoms with Gasteiger partial charge in [0.1, 0.15) is 0 Å². The second-order valence-corrected chi connectivity index (χ2v) is 26.0. The minimum Gasteiger partial charge on any atom is -0.252 e. The molecule has 2 unspecified atom stereocenters. The van der Waals surface area contributed by atoms with Crippen molar-refractivity contribution in [1.82, 2.24) is 0 Å². The number of unbranched alkanes of at least 4 members (excludes halogenated alkanes) is 8. The smallest absolute Gasteiger partial charge is 0.0633 e. The van der Waals surface area contributed by atoms with Crippen molar-refractivity contribution in [3.8, 4) is 0 Å². The van der Waals surface area contributed by atoms with Gasteiger partial charge in [-0.1, -0.05) is 143 Å². The van der Waals surface area contributed by atoms with E-state index in [0.29, 0.717) is 11.1 Å². The molecule has 0 saturated heterocycles. The molecule has 2 rings (SSSR count). The topological polar surface area (TPSA) is 24.7 Å². The van der Waals surface area contributed by atoms with Crippen LogP contribution >= 0.6 is 0 Å². The van der Waals surface area contributed by atoms with E-state index in [1.807, 2.05) is 0 Å². The van der Waals surface area contributed by atoms with Gasteiger partial charge in [-0.05, 0) is 72.2 Å².